The Kier molecular flexibility index (Phi) is 4.03. The van der Waals surface area contributed by atoms with E-state index < -0.39 is 0 Å². The molecule has 1 aromatic carbocycles. The Balaban J connectivity index is 1.78. The summed E-state index contributed by atoms with van der Waals surface area (Å²) in [5.41, 5.74) is 2.27. The summed E-state index contributed by atoms with van der Waals surface area (Å²) >= 11 is 5.66. The molecule has 1 aromatic rings. The zero-order chi connectivity index (χ0) is 14.9. The minimum Gasteiger partial charge on any atom is -0.283 e. The molecular formula is C17H20ClNO2. The zero-order valence-corrected chi connectivity index (χ0v) is 12.9. The molecule has 2 amide bonds. The Morgan fingerprint density at radius 3 is 2.52 bits per heavy atom. The van der Waals surface area contributed by atoms with Crippen LogP contribution in [0, 0.1) is 0 Å². The Hall–Kier alpha value is -1.35. The van der Waals surface area contributed by atoms with E-state index in [1.54, 1.807) is 0 Å². The van der Waals surface area contributed by atoms with Crippen molar-refractivity contribution in [3.05, 3.63) is 35.4 Å². The maximum Gasteiger partial charge on any atom is 0.230 e. The third-order valence-electron chi connectivity index (χ3n) is 4.81. The highest BCUT2D eigenvalue weighted by molar-refractivity contribution is 6.17. The number of rotatable bonds is 4. The number of halogens is 1. The van der Waals surface area contributed by atoms with Gasteiger partial charge in [0, 0.05) is 30.7 Å². The summed E-state index contributed by atoms with van der Waals surface area (Å²) in [5.74, 6) is 0.545. The lowest BCUT2D eigenvalue weighted by atomic mass is 9.73. The van der Waals surface area contributed by atoms with Crippen molar-refractivity contribution in [3.63, 3.8) is 0 Å². The van der Waals surface area contributed by atoms with Gasteiger partial charge in [-0.25, -0.2) is 0 Å². The van der Waals surface area contributed by atoms with Crippen molar-refractivity contribution in [1.82, 2.24) is 4.90 Å². The van der Waals surface area contributed by atoms with Gasteiger partial charge in [-0.15, -0.1) is 11.6 Å². The fraction of sp³-hybridized carbons (Fsp3) is 0.529. The summed E-state index contributed by atoms with van der Waals surface area (Å²) in [6.45, 7) is 0.516. The minimum atomic E-state index is -0.242. The largest absolute Gasteiger partial charge is 0.283 e. The van der Waals surface area contributed by atoms with Gasteiger partial charge in [0.25, 0.3) is 0 Å². The summed E-state index contributed by atoms with van der Waals surface area (Å²) in [6, 6.07) is 8.24. The van der Waals surface area contributed by atoms with Crippen LogP contribution in [0.2, 0.25) is 0 Å². The summed E-state index contributed by atoms with van der Waals surface area (Å²) in [5, 5.41) is 0. The Bertz CT molecular complexity index is 552. The monoisotopic (exact) mass is 305 g/mol. The van der Waals surface area contributed by atoms with E-state index >= 15 is 0 Å². The van der Waals surface area contributed by atoms with Crippen LogP contribution in [0.3, 0.4) is 0 Å². The fourth-order valence-corrected chi connectivity index (χ4v) is 3.91. The van der Waals surface area contributed by atoms with E-state index in [9.17, 15) is 9.59 Å². The van der Waals surface area contributed by atoms with E-state index in [0.717, 1.165) is 25.7 Å². The first-order valence-electron chi connectivity index (χ1n) is 7.64. The van der Waals surface area contributed by atoms with Gasteiger partial charge < -0.3 is 0 Å². The van der Waals surface area contributed by atoms with Crippen LogP contribution in [0.4, 0.5) is 0 Å². The molecule has 0 radical (unpaired) electrons. The molecule has 4 heteroatoms. The highest BCUT2D eigenvalue weighted by Gasteiger charge is 2.47. The molecule has 3 nitrogen and oxygen atoms in total. The lowest BCUT2D eigenvalue weighted by molar-refractivity contribution is -0.151. The van der Waals surface area contributed by atoms with Gasteiger partial charge in [0.2, 0.25) is 11.8 Å². The minimum absolute atomic E-state index is 0.0162. The van der Waals surface area contributed by atoms with Crippen LogP contribution in [0.15, 0.2) is 24.3 Å². The van der Waals surface area contributed by atoms with Crippen molar-refractivity contribution in [1.29, 1.82) is 0 Å². The Labute approximate surface area is 130 Å². The molecule has 112 valence electrons. The number of benzene rings is 1. The van der Waals surface area contributed by atoms with Crippen LogP contribution in [-0.4, -0.2) is 29.1 Å². The number of imide groups is 1. The predicted molar refractivity (Wildman–Crippen MR) is 82.3 cm³/mol. The van der Waals surface area contributed by atoms with Crippen LogP contribution in [0.1, 0.15) is 43.2 Å². The third kappa shape index (κ3) is 2.59. The summed E-state index contributed by atoms with van der Waals surface area (Å²) in [6.07, 6.45) is 4.47. The molecule has 0 unspecified atom stereocenters. The SMILES string of the molecule is O=C1CC2(CCc3ccccc32)CC(=O)N1CCCCCl. The number of alkyl halides is 1. The van der Waals surface area contributed by atoms with Crippen molar-refractivity contribution in [2.75, 3.05) is 12.4 Å². The number of amides is 2. The molecule has 0 N–H and O–H groups in total. The van der Waals surface area contributed by atoms with Crippen molar-refractivity contribution < 1.29 is 9.59 Å². The van der Waals surface area contributed by atoms with Gasteiger partial charge in [-0.3, -0.25) is 14.5 Å². The first kappa shape index (κ1) is 14.6. The molecule has 1 aliphatic carbocycles. The van der Waals surface area contributed by atoms with Gasteiger partial charge in [-0.2, -0.15) is 0 Å². The Morgan fingerprint density at radius 1 is 1.10 bits per heavy atom. The molecule has 0 atom stereocenters. The van der Waals surface area contributed by atoms with Crippen LogP contribution in [-0.2, 0) is 21.4 Å². The van der Waals surface area contributed by atoms with Crippen molar-refractivity contribution in [3.8, 4) is 0 Å². The van der Waals surface area contributed by atoms with Crippen LogP contribution in [0.5, 0.6) is 0 Å². The average molecular weight is 306 g/mol. The highest BCUT2D eigenvalue weighted by atomic mass is 35.5. The number of hydrogen-bond donors (Lipinski definition) is 0. The van der Waals surface area contributed by atoms with Gasteiger partial charge in [0.15, 0.2) is 0 Å². The molecule has 0 bridgehead atoms. The standard InChI is InChI=1S/C17H20ClNO2/c18-9-3-4-10-19-15(20)11-17(12-16(19)21)8-7-13-5-1-2-6-14(13)17/h1-2,5-6H,3-4,7-12H2. The molecule has 1 aliphatic heterocycles. The summed E-state index contributed by atoms with van der Waals surface area (Å²) < 4.78 is 0. The predicted octanol–water partition coefficient (Wildman–Crippen LogP) is 3.04. The van der Waals surface area contributed by atoms with E-state index in [0.29, 0.717) is 25.3 Å². The maximum atomic E-state index is 12.4. The van der Waals surface area contributed by atoms with Crippen molar-refractivity contribution >= 4 is 23.4 Å². The van der Waals surface area contributed by atoms with Crippen molar-refractivity contribution in [2.24, 2.45) is 0 Å². The molecule has 1 fully saturated rings. The van der Waals surface area contributed by atoms with Gasteiger partial charge in [-0.1, -0.05) is 24.3 Å². The second-order valence-electron chi connectivity index (χ2n) is 6.13. The number of carbonyl (C=O) groups is 2. The summed E-state index contributed by atoms with van der Waals surface area (Å²) in [7, 11) is 0. The molecular weight excluding hydrogens is 286 g/mol. The number of carbonyl (C=O) groups excluding carboxylic acids is 2. The van der Waals surface area contributed by atoms with E-state index in [4.69, 9.17) is 11.6 Å². The van der Waals surface area contributed by atoms with Crippen LogP contribution >= 0.6 is 11.6 Å². The summed E-state index contributed by atoms with van der Waals surface area (Å²) in [4.78, 5) is 26.3. The van der Waals surface area contributed by atoms with Gasteiger partial charge in [-0.05, 0) is 36.8 Å². The Morgan fingerprint density at radius 2 is 1.81 bits per heavy atom. The molecule has 1 heterocycles. The van der Waals surface area contributed by atoms with E-state index in [2.05, 4.69) is 12.1 Å². The molecule has 1 spiro atoms. The van der Waals surface area contributed by atoms with E-state index in [1.165, 1.54) is 16.0 Å². The molecule has 3 rings (SSSR count). The average Bonchev–Trinajstić information content (AvgIpc) is 2.81. The first-order valence-corrected chi connectivity index (χ1v) is 8.17. The van der Waals surface area contributed by atoms with Gasteiger partial charge in [0.05, 0.1) is 0 Å². The van der Waals surface area contributed by atoms with Crippen molar-refractivity contribution in [2.45, 2.75) is 43.9 Å². The second kappa shape index (κ2) is 5.80. The molecule has 2 aliphatic rings. The van der Waals surface area contributed by atoms with Crippen LogP contribution < -0.4 is 0 Å². The number of unbranched alkanes of at least 4 members (excludes halogenated alkanes) is 1. The maximum absolute atomic E-state index is 12.4. The number of nitrogens with zero attached hydrogens (tertiary/aromatic N) is 1. The lowest BCUT2D eigenvalue weighted by Gasteiger charge is -2.38. The van der Waals surface area contributed by atoms with E-state index in [1.807, 2.05) is 12.1 Å². The second-order valence-corrected chi connectivity index (χ2v) is 6.50. The highest BCUT2D eigenvalue weighted by Crippen LogP contribution is 2.46. The third-order valence-corrected chi connectivity index (χ3v) is 5.08. The van der Waals surface area contributed by atoms with Gasteiger partial charge >= 0.3 is 0 Å². The fourth-order valence-electron chi connectivity index (χ4n) is 3.72. The molecule has 0 aromatic heterocycles. The molecule has 21 heavy (non-hydrogen) atoms. The first-order chi connectivity index (χ1) is 10.2. The number of hydrogen-bond acceptors (Lipinski definition) is 2. The zero-order valence-electron chi connectivity index (χ0n) is 12.1. The lowest BCUT2D eigenvalue weighted by Crippen LogP contribution is -2.49. The molecule has 1 saturated heterocycles. The van der Waals surface area contributed by atoms with Crippen LogP contribution in [0.25, 0.3) is 0 Å². The quantitative estimate of drug-likeness (QED) is 0.487. The topological polar surface area (TPSA) is 37.4 Å². The van der Waals surface area contributed by atoms with E-state index in [-0.39, 0.29) is 17.2 Å². The number of aryl methyl sites for hydroxylation is 1. The normalized spacial score (nSPS) is 20.1. The number of likely N-dealkylation sites (tertiary alicyclic amines) is 1. The number of fused-ring (bicyclic) bond motifs is 2. The molecule has 0 saturated carbocycles. The smallest absolute Gasteiger partial charge is 0.230 e. The van der Waals surface area contributed by atoms with Gasteiger partial charge in [0.1, 0.15) is 0 Å². The number of piperidine rings is 1.